The van der Waals surface area contributed by atoms with Gasteiger partial charge in [-0.1, -0.05) is 18.2 Å². The second-order valence-corrected chi connectivity index (χ2v) is 3.84. The molecular formula is C11H12N4S. The summed E-state index contributed by atoms with van der Waals surface area (Å²) in [7, 11) is 0. The zero-order chi connectivity index (χ0) is 11.5. The highest BCUT2D eigenvalue weighted by molar-refractivity contribution is 7.80. The highest BCUT2D eigenvalue weighted by Crippen LogP contribution is 2.21. The lowest BCUT2D eigenvalue weighted by Crippen LogP contribution is -2.34. The number of aromatic nitrogens is 1. The minimum Gasteiger partial charge on any atom is -0.330 e. The van der Waals surface area contributed by atoms with Crippen LogP contribution in [0.25, 0.3) is 10.9 Å². The number of nitrogens with two attached hydrogens (primary N) is 1. The Hall–Kier alpha value is -1.72. The fourth-order valence-electron chi connectivity index (χ4n) is 1.50. The Bertz CT molecular complexity index is 538. The second kappa shape index (κ2) is 4.42. The van der Waals surface area contributed by atoms with Gasteiger partial charge in [-0.05, 0) is 31.3 Å². The molecule has 5 heteroatoms. The molecule has 1 aromatic heterocycles. The average Bonchev–Trinajstić information content (AvgIpc) is 2.29. The first kappa shape index (κ1) is 10.8. The third kappa shape index (κ3) is 2.10. The van der Waals surface area contributed by atoms with Gasteiger partial charge in [0.25, 0.3) is 0 Å². The molecule has 0 radical (unpaired) electrons. The smallest absolute Gasteiger partial charge is 0.185 e. The molecule has 0 aliphatic rings. The Labute approximate surface area is 98.8 Å². The van der Waals surface area contributed by atoms with Crippen molar-refractivity contribution in [3.05, 3.63) is 36.0 Å². The first-order valence-corrected chi connectivity index (χ1v) is 5.25. The fourth-order valence-corrected chi connectivity index (χ4v) is 1.61. The molecule has 0 spiro atoms. The summed E-state index contributed by atoms with van der Waals surface area (Å²) in [6.45, 7) is 1.95. The van der Waals surface area contributed by atoms with E-state index in [-0.39, 0.29) is 0 Å². The topological polar surface area (TPSA) is 63.0 Å². The summed E-state index contributed by atoms with van der Waals surface area (Å²) < 4.78 is 0. The summed E-state index contributed by atoms with van der Waals surface area (Å²) >= 11 is 4.96. The molecule has 0 amide bonds. The molecule has 0 atom stereocenters. The molecule has 1 heterocycles. The van der Waals surface area contributed by atoms with Gasteiger partial charge in [0.1, 0.15) is 0 Å². The van der Waals surface area contributed by atoms with Gasteiger partial charge in [-0.15, -0.1) is 0 Å². The van der Waals surface area contributed by atoms with Gasteiger partial charge in [0, 0.05) is 11.1 Å². The van der Waals surface area contributed by atoms with Crippen molar-refractivity contribution in [3.63, 3.8) is 0 Å². The summed E-state index contributed by atoms with van der Waals surface area (Å²) in [6.07, 6.45) is 0. The summed E-state index contributed by atoms with van der Waals surface area (Å²) in [6, 6.07) is 9.87. The van der Waals surface area contributed by atoms with E-state index in [4.69, 9.17) is 18.1 Å². The SMILES string of the molecule is Cc1ccc2cccc(NC(=S)NN)c2n1. The van der Waals surface area contributed by atoms with Crippen LogP contribution < -0.4 is 16.6 Å². The number of benzene rings is 1. The van der Waals surface area contributed by atoms with E-state index in [2.05, 4.69) is 15.7 Å². The first-order chi connectivity index (χ1) is 7.70. The number of hydrazine groups is 1. The number of hydrogen-bond acceptors (Lipinski definition) is 3. The third-order valence-electron chi connectivity index (χ3n) is 2.24. The van der Waals surface area contributed by atoms with Crippen molar-refractivity contribution < 1.29 is 0 Å². The highest BCUT2D eigenvalue weighted by Gasteiger charge is 2.03. The van der Waals surface area contributed by atoms with Crippen LogP contribution in [0.4, 0.5) is 5.69 Å². The van der Waals surface area contributed by atoms with Gasteiger partial charge in [-0.3, -0.25) is 4.98 Å². The number of para-hydroxylation sites is 1. The fraction of sp³-hybridized carbons (Fsp3) is 0.0909. The molecular weight excluding hydrogens is 220 g/mol. The summed E-state index contributed by atoms with van der Waals surface area (Å²) in [4.78, 5) is 4.47. The summed E-state index contributed by atoms with van der Waals surface area (Å²) in [5, 5.41) is 4.43. The largest absolute Gasteiger partial charge is 0.330 e. The van der Waals surface area contributed by atoms with Crippen LogP contribution in [0.3, 0.4) is 0 Å². The number of fused-ring (bicyclic) bond motifs is 1. The van der Waals surface area contributed by atoms with E-state index < -0.39 is 0 Å². The Morgan fingerprint density at radius 1 is 1.31 bits per heavy atom. The maximum atomic E-state index is 5.22. The van der Waals surface area contributed by atoms with Crippen molar-refractivity contribution in [3.8, 4) is 0 Å². The molecule has 1 aromatic carbocycles. The Morgan fingerprint density at radius 2 is 2.12 bits per heavy atom. The van der Waals surface area contributed by atoms with Gasteiger partial charge in [0.05, 0.1) is 11.2 Å². The molecule has 0 fully saturated rings. The molecule has 0 aliphatic heterocycles. The van der Waals surface area contributed by atoms with Crippen LogP contribution in [0.5, 0.6) is 0 Å². The maximum Gasteiger partial charge on any atom is 0.185 e. The van der Waals surface area contributed by atoms with Crippen LogP contribution in [-0.4, -0.2) is 10.1 Å². The van der Waals surface area contributed by atoms with Crippen LogP contribution in [0.2, 0.25) is 0 Å². The van der Waals surface area contributed by atoms with Crippen molar-refractivity contribution in [1.82, 2.24) is 10.4 Å². The van der Waals surface area contributed by atoms with Crippen LogP contribution >= 0.6 is 12.2 Å². The predicted molar refractivity (Wildman–Crippen MR) is 70.0 cm³/mol. The number of pyridine rings is 1. The first-order valence-electron chi connectivity index (χ1n) is 4.84. The van der Waals surface area contributed by atoms with E-state index in [1.54, 1.807) is 0 Å². The van der Waals surface area contributed by atoms with Crippen molar-refractivity contribution in [2.24, 2.45) is 5.84 Å². The van der Waals surface area contributed by atoms with Crippen molar-refractivity contribution in [2.75, 3.05) is 5.32 Å². The number of nitrogens with zero attached hydrogens (tertiary/aromatic N) is 1. The zero-order valence-electron chi connectivity index (χ0n) is 8.82. The molecule has 82 valence electrons. The highest BCUT2D eigenvalue weighted by atomic mass is 32.1. The van der Waals surface area contributed by atoms with Gasteiger partial charge >= 0.3 is 0 Å². The molecule has 0 bridgehead atoms. The van der Waals surface area contributed by atoms with E-state index in [9.17, 15) is 0 Å². The van der Waals surface area contributed by atoms with E-state index in [0.29, 0.717) is 5.11 Å². The predicted octanol–water partition coefficient (Wildman–Crippen LogP) is 1.70. The van der Waals surface area contributed by atoms with Gasteiger partial charge in [-0.2, -0.15) is 0 Å². The van der Waals surface area contributed by atoms with Crippen molar-refractivity contribution >= 4 is 33.9 Å². The third-order valence-corrected chi connectivity index (χ3v) is 2.46. The number of nitrogens with one attached hydrogen (secondary N) is 2. The van der Waals surface area contributed by atoms with Crippen molar-refractivity contribution in [2.45, 2.75) is 6.92 Å². The molecule has 0 saturated heterocycles. The maximum absolute atomic E-state index is 5.22. The zero-order valence-corrected chi connectivity index (χ0v) is 9.64. The van der Waals surface area contributed by atoms with Crippen LogP contribution in [-0.2, 0) is 0 Å². The number of thiocarbonyl (C=S) groups is 1. The van der Waals surface area contributed by atoms with Gasteiger partial charge in [-0.25, -0.2) is 5.84 Å². The molecule has 0 unspecified atom stereocenters. The van der Waals surface area contributed by atoms with Crippen LogP contribution in [0, 0.1) is 6.92 Å². The van der Waals surface area contributed by atoms with Gasteiger partial charge in [0.15, 0.2) is 5.11 Å². The lowest BCUT2D eigenvalue weighted by atomic mass is 10.2. The Morgan fingerprint density at radius 3 is 2.88 bits per heavy atom. The standard InChI is InChI=1S/C11H12N4S/c1-7-5-6-8-3-2-4-9(10(8)13-7)14-11(16)15-12/h2-6H,12H2,1H3,(H2,14,15,16). The number of rotatable bonds is 1. The number of hydrogen-bond donors (Lipinski definition) is 3. The molecule has 2 rings (SSSR count). The average molecular weight is 232 g/mol. The molecule has 2 aromatic rings. The molecule has 0 aliphatic carbocycles. The monoisotopic (exact) mass is 232 g/mol. The molecule has 4 N–H and O–H groups in total. The number of aryl methyl sites for hydroxylation is 1. The second-order valence-electron chi connectivity index (χ2n) is 3.43. The quantitative estimate of drug-likeness (QED) is 0.397. The van der Waals surface area contributed by atoms with Gasteiger partial charge < -0.3 is 10.7 Å². The molecule has 16 heavy (non-hydrogen) atoms. The molecule has 0 saturated carbocycles. The van der Waals surface area contributed by atoms with E-state index in [1.807, 2.05) is 37.3 Å². The van der Waals surface area contributed by atoms with E-state index in [1.165, 1.54) is 0 Å². The summed E-state index contributed by atoms with van der Waals surface area (Å²) in [5.74, 6) is 5.22. The van der Waals surface area contributed by atoms with Crippen LogP contribution in [0.15, 0.2) is 30.3 Å². The lowest BCUT2D eigenvalue weighted by Gasteiger charge is -2.09. The minimum atomic E-state index is 0.371. The van der Waals surface area contributed by atoms with E-state index in [0.717, 1.165) is 22.3 Å². The molecule has 4 nitrogen and oxygen atoms in total. The van der Waals surface area contributed by atoms with Gasteiger partial charge in [0.2, 0.25) is 0 Å². The Kier molecular flexibility index (Phi) is 2.98. The lowest BCUT2D eigenvalue weighted by molar-refractivity contribution is 1.04. The number of anilines is 1. The minimum absolute atomic E-state index is 0.371. The summed E-state index contributed by atoms with van der Waals surface area (Å²) in [5.41, 5.74) is 5.09. The van der Waals surface area contributed by atoms with Crippen LogP contribution in [0.1, 0.15) is 5.69 Å². The Balaban J connectivity index is 2.52. The normalized spacial score (nSPS) is 10.1. The van der Waals surface area contributed by atoms with E-state index >= 15 is 0 Å². The van der Waals surface area contributed by atoms with Crippen molar-refractivity contribution in [1.29, 1.82) is 0 Å².